The van der Waals surface area contributed by atoms with Gasteiger partial charge in [-0.25, -0.2) is 0 Å². The fourth-order valence-corrected chi connectivity index (χ4v) is 5.11. The number of hydrogen-bond acceptors (Lipinski definition) is 4. The van der Waals surface area contributed by atoms with Crippen molar-refractivity contribution in [3.63, 3.8) is 0 Å². The van der Waals surface area contributed by atoms with Crippen LogP contribution in [0.4, 0.5) is 13.2 Å². The summed E-state index contributed by atoms with van der Waals surface area (Å²) in [5.41, 5.74) is 1.25. The van der Waals surface area contributed by atoms with Crippen molar-refractivity contribution in [2.24, 2.45) is 5.41 Å². The molecule has 1 heterocycles. The molecule has 1 saturated carbocycles. The third-order valence-electron chi connectivity index (χ3n) is 7.98. The Kier molecular flexibility index (Phi) is 7.79. The van der Waals surface area contributed by atoms with E-state index in [1.807, 2.05) is 18.2 Å². The lowest BCUT2D eigenvalue weighted by Crippen LogP contribution is -2.55. The number of nitrogens with zero attached hydrogens (tertiary/aromatic N) is 1. The number of methoxy groups -OCH3 is 1. The summed E-state index contributed by atoms with van der Waals surface area (Å²) in [4.78, 5) is 12.3. The highest BCUT2D eigenvalue weighted by molar-refractivity contribution is 5.96. The Balaban J connectivity index is 1.59. The molecule has 1 aliphatic heterocycles. The number of fused-ring (bicyclic) bond motifs is 1. The first-order valence-electron chi connectivity index (χ1n) is 12.2. The molecule has 1 amide bonds. The summed E-state index contributed by atoms with van der Waals surface area (Å²) in [6.45, 7) is 8.52. The van der Waals surface area contributed by atoms with Gasteiger partial charge in [0.05, 0.1) is 0 Å². The minimum Gasteiger partial charge on any atom is -0.487 e. The third kappa shape index (κ3) is 5.76. The molecule has 9 heteroatoms. The Bertz CT molecular complexity index is 936. The molecule has 0 saturated heterocycles. The maximum Gasteiger partial charge on any atom is 0.471 e. The van der Waals surface area contributed by atoms with Crippen LogP contribution in [-0.2, 0) is 16.0 Å². The van der Waals surface area contributed by atoms with Gasteiger partial charge in [-0.1, -0.05) is 20.8 Å². The number of rotatable bonds is 5. The monoisotopic (exact) mass is 497 g/mol. The van der Waals surface area contributed by atoms with E-state index >= 15 is 0 Å². The van der Waals surface area contributed by atoms with Crippen molar-refractivity contribution < 1.29 is 27.4 Å². The molecule has 3 rings (SSSR count). The first-order chi connectivity index (χ1) is 16.2. The molecule has 0 bridgehead atoms. The van der Waals surface area contributed by atoms with Crippen LogP contribution in [0.1, 0.15) is 70.9 Å². The van der Waals surface area contributed by atoms with Gasteiger partial charge in [0.15, 0.2) is 0 Å². The van der Waals surface area contributed by atoms with Crippen molar-refractivity contribution in [1.82, 2.24) is 10.2 Å². The zero-order valence-electron chi connectivity index (χ0n) is 21.5. The molecule has 0 spiro atoms. The summed E-state index contributed by atoms with van der Waals surface area (Å²) in [6, 6.07) is 5.29. The number of halogens is 3. The van der Waals surface area contributed by atoms with Crippen LogP contribution in [0.25, 0.3) is 0 Å². The van der Waals surface area contributed by atoms with E-state index < -0.39 is 23.7 Å². The average Bonchev–Trinajstić information content (AvgIpc) is 2.81. The Hall–Kier alpha value is -2.29. The second-order valence-electron chi connectivity index (χ2n) is 11.0. The summed E-state index contributed by atoms with van der Waals surface area (Å²) >= 11 is 0. The smallest absolute Gasteiger partial charge is 0.471 e. The topological polar surface area (TPSA) is 74.7 Å². The van der Waals surface area contributed by atoms with Gasteiger partial charge in [0.25, 0.3) is 0 Å². The van der Waals surface area contributed by atoms with E-state index in [4.69, 9.17) is 14.9 Å². The molecule has 0 aromatic heterocycles. The van der Waals surface area contributed by atoms with Crippen LogP contribution in [-0.4, -0.2) is 60.8 Å². The molecule has 2 aliphatic rings. The zero-order chi connectivity index (χ0) is 26.2. The van der Waals surface area contributed by atoms with Gasteiger partial charge in [0.2, 0.25) is 0 Å². The Labute approximate surface area is 206 Å². The number of carbonyl (C=O) groups excluding carboxylic acids is 1. The number of nitrogens with one attached hydrogen (secondary N) is 2. The number of ether oxygens (including phenoxy) is 2. The molecular weight excluding hydrogens is 459 g/mol. The molecule has 1 fully saturated rings. The van der Waals surface area contributed by atoms with Gasteiger partial charge in [-0.05, 0) is 74.6 Å². The number of amidine groups is 1. The summed E-state index contributed by atoms with van der Waals surface area (Å²) < 4.78 is 50.4. The standard InChI is InChI=1S/C26H38F3N3O3/c1-24(2,3)25(4,34-6)21-14-8-16-15-17(7-13-20(16)35-21)22(30)31-18-9-11-19(12-10-18)32(5)23(33)26(27,28)29/h7,13,15,18-19,21H,8-12,14H2,1-6H3,(H2,30,31)/t18-,19-,21-,25+/m1/s1. The molecule has 0 unspecified atom stereocenters. The SMILES string of the molecule is CO[C@@](C)([C@H]1CCc2cc(C(=N)N[C@H]3CC[C@H](N(C)C(=O)C(F)(F)F)CC3)ccc2O1)C(C)(C)C. The van der Waals surface area contributed by atoms with Gasteiger partial charge in [0, 0.05) is 31.8 Å². The van der Waals surface area contributed by atoms with Crippen molar-refractivity contribution in [1.29, 1.82) is 5.41 Å². The van der Waals surface area contributed by atoms with Gasteiger partial charge in [-0.3, -0.25) is 10.2 Å². The van der Waals surface area contributed by atoms with Crippen molar-refractivity contribution >= 4 is 11.7 Å². The van der Waals surface area contributed by atoms with Gasteiger partial charge in [0.1, 0.15) is 23.3 Å². The highest BCUT2D eigenvalue weighted by Crippen LogP contribution is 2.42. The number of alkyl halides is 3. The lowest BCUT2D eigenvalue weighted by atomic mass is 9.72. The van der Waals surface area contributed by atoms with E-state index in [-0.39, 0.29) is 23.4 Å². The van der Waals surface area contributed by atoms with E-state index in [1.165, 1.54) is 7.05 Å². The highest BCUT2D eigenvalue weighted by Gasteiger charge is 2.47. The van der Waals surface area contributed by atoms with Crippen LogP contribution in [0, 0.1) is 10.8 Å². The van der Waals surface area contributed by atoms with E-state index in [0.717, 1.165) is 34.6 Å². The Morgan fingerprint density at radius 2 is 1.74 bits per heavy atom. The van der Waals surface area contributed by atoms with E-state index in [9.17, 15) is 18.0 Å². The Morgan fingerprint density at radius 1 is 1.11 bits per heavy atom. The lowest BCUT2D eigenvalue weighted by Gasteiger charge is -2.47. The van der Waals surface area contributed by atoms with E-state index in [2.05, 4.69) is 33.0 Å². The van der Waals surface area contributed by atoms with E-state index in [0.29, 0.717) is 25.7 Å². The van der Waals surface area contributed by atoms with Gasteiger partial charge >= 0.3 is 12.1 Å². The molecular formula is C26H38F3N3O3. The minimum atomic E-state index is -4.85. The summed E-state index contributed by atoms with van der Waals surface area (Å²) in [5, 5.41) is 11.8. The summed E-state index contributed by atoms with van der Waals surface area (Å²) in [7, 11) is 2.94. The molecule has 1 aliphatic carbocycles. The fraction of sp³-hybridized carbons (Fsp3) is 0.692. The summed E-state index contributed by atoms with van der Waals surface area (Å²) in [5.74, 6) is -0.703. The quantitative estimate of drug-likeness (QED) is 0.440. The van der Waals surface area contributed by atoms with Crippen molar-refractivity contribution in [2.45, 2.75) is 96.2 Å². The molecule has 35 heavy (non-hydrogen) atoms. The van der Waals surface area contributed by atoms with Crippen LogP contribution in [0.3, 0.4) is 0 Å². The van der Waals surface area contributed by atoms with Crippen molar-refractivity contribution in [2.75, 3.05) is 14.2 Å². The average molecular weight is 498 g/mol. The predicted octanol–water partition coefficient (Wildman–Crippen LogP) is 5.08. The normalized spacial score (nSPS) is 24.5. The molecule has 6 nitrogen and oxygen atoms in total. The number of hydrogen-bond donors (Lipinski definition) is 2. The number of benzene rings is 1. The Morgan fingerprint density at radius 3 is 2.29 bits per heavy atom. The fourth-order valence-electron chi connectivity index (χ4n) is 5.11. The maximum atomic E-state index is 12.7. The number of carbonyl (C=O) groups is 1. The minimum absolute atomic E-state index is 0.0148. The largest absolute Gasteiger partial charge is 0.487 e. The van der Waals surface area contributed by atoms with Gasteiger partial charge in [-0.2, -0.15) is 13.2 Å². The molecule has 196 valence electrons. The van der Waals surface area contributed by atoms with Crippen LogP contribution in [0.2, 0.25) is 0 Å². The van der Waals surface area contributed by atoms with Crippen molar-refractivity contribution in [3.8, 4) is 5.75 Å². The lowest BCUT2D eigenvalue weighted by molar-refractivity contribution is -0.186. The maximum absolute atomic E-state index is 12.7. The van der Waals surface area contributed by atoms with Gasteiger partial charge < -0.3 is 19.7 Å². The van der Waals surface area contributed by atoms with E-state index in [1.54, 1.807) is 7.11 Å². The molecule has 1 aromatic carbocycles. The predicted molar refractivity (Wildman–Crippen MR) is 129 cm³/mol. The second kappa shape index (κ2) is 9.99. The first kappa shape index (κ1) is 27.3. The number of aryl methyl sites for hydroxylation is 1. The number of amides is 1. The van der Waals surface area contributed by atoms with Crippen LogP contribution in [0.5, 0.6) is 5.75 Å². The van der Waals surface area contributed by atoms with Crippen LogP contribution < -0.4 is 10.1 Å². The first-order valence-corrected chi connectivity index (χ1v) is 12.2. The highest BCUT2D eigenvalue weighted by atomic mass is 19.4. The molecule has 0 radical (unpaired) electrons. The second-order valence-corrected chi connectivity index (χ2v) is 11.0. The van der Waals surface area contributed by atoms with Crippen molar-refractivity contribution in [3.05, 3.63) is 29.3 Å². The van der Waals surface area contributed by atoms with Crippen LogP contribution in [0.15, 0.2) is 18.2 Å². The third-order valence-corrected chi connectivity index (χ3v) is 7.98. The van der Waals surface area contributed by atoms with Gasteiger partial charge in [-0.15, -0.1) is 0 Å². The molecule has 1 aromatic rings. The van der Waals surface area contributed by atoms with Crippen LogP contribution >= 0.6 is 0 Å². The molecule has 2 atom stereocenters. The zero-order valence-corrected chi connectivity index (χ0v) is 21.5. The summed E-state index contributed by atoms with van der Waals surface area (Å²) in [6.07, 6.45) is -1.17. The molecule has 2 N–H and O–H groups in total.